The Morgan fingerprint density at radius 2 is 1.88 bits per heavy atom. The van der Waals surface area contributed by atoms with Crippen molar-refractivity contribution in [2.75, 3.05) is 7.05 Å². The molecule has 4 nitrogen and oxygen atoms in total. The number of allylic oxidation sites excluding steroid dienone is 9. The molecule has 2 aliphatic rings. The van der Waals surface area contributed by atoms with Crippen LogP contribution in [-0.2, 0) is 0 Å². The number of fused-ring (bicyclic) bond motifs is 1. The third-order valence-corrected chi connectivity index (χ3v) is 8.81. The summed E-state index contributed by atoms with van der Waals surface area (Å²) in [6.07, 6.45) is 16.8. The van der Waals surface area contributed by atoms with Crippen molar-refractivity contribution in [2.24, 2.45) is 5.41 Å². The highest BCUT2D eigenvalue weighted by Crippen LogP contribution is 2.48. The second-order valence-corrected chi connectivity index (χ2v) is 12.0. The molecule has 4 heteroatoms. The summed E-state index contributed by atoms with van der Waals surface area (Å²) in [5.74, 6) is 1.38. The molecule has 3 aromatic rings. The predicted octanol–water partition coefficient (Wildman–Crippen LogP) is 9.90. The molecule has 2 aromatic carbocycles. The zero-order valence-electron chi connectivity index (χ0n) is 26.4. The number of nitrogens with one attached hydrogen (secondary N) is 1. The van der Waals surface area contributed by atoms with Crippen molar-refractivity contribution in [3.8, 4) is 5.75 Å². The van der Waals surface area contributed by atoms with Crippen molar-refractivity contribution in [3.05, 3.63) is 131 Å². The van der Waals surface area contributed by atoms with Gasteiger partial charge in [0, 0.05) is 40.9 Å². The monoisotopic (exact) mass is 571 g/mol. The summed E-state index contributed by atoms with van der Waals surface area (Å²) in [6.45, 7) is 13.0. The first kappa shape index (κ1) is 30.2. The maximum atomic E-state index is 10.1. The van der Waals surface area contributed by atoms with Gasteiger partial charge in [0.2, 0.25) is 0 Å². The Bertz CT molecular complexity index is 1660. The molecule has 0 bridgehead atoms. The molecule has 5 rings (SSSR count). The molecule has 0 radical (unpaired) electrons. The first-order chi connectivity index (χ1) is 20.8. The van der Waals surface area contributed by atoms with Gasteiger partial charge in [0.15, 0.2) is 0 Å². The molecule has 0 amide bonds. The molecule has 2 N–H and O–H groups in total. The Labute approximate surface area is 257 Å². The summed E-state index contributed by atoms with van der Waals surface area (Å²) < 4.78 is 0. The minimum atomic E-state index is -0.278. The van der Waals surface area contributed by atoms with Crippen LogP contribution in [0.25, 0.3) is 22.0 Å². The summed E-state index contributed by atoms with van der Waals surface area (Å²) in [5.41, 5.74) is 10.7. The van der Waals surface area contributed by atoms with Crippen molar-refractivity contribution in [1.82, 2.24) is 15.2 Å². The first-order valence-corrected chi connectivity index (χ1v) is 15.6. The molecule has 1 aromatic heterocycles. The van der Waals surface area contributed by atoms with Gasteiger partial charge in [-0.15, -0.1) is 0 Å². The molecule has 1 fully saturated rings. The van der Waals surface area contributed by atoms with Crippen molar-refractivity contribution < 1.29 is 5.11 Å². The third kappa shape index (κ3) is 5.97. The highest BCUT2D eigenvalue weighted by atomic mass is 16.3. The SMILES string of the molecule is C=C/C=C\C(C)(CCC)C(=C1\NC(C)=C(c2ccc3ncccc3c2)C(=C2CCC2)N1C)/C(=C/CC)c1ccc(O)cc1. The number of nitrogens with zero attached hydrogens (tertiary/aromatic N) is 2. The summed E-state index contributed by atoms with van der Waals surface area (Å²) in [5, 5.41) is 15.2. The van der Waals surface area contributed by atoms with Crippen molar-refractivity contribution in [2.45, 2.75) is 66.2 Å². The van der Waals surface area contributed by atoms with E-state index in [-0.39, 0.29) is 11.2 Å². The number of aromatic nitrogens is 1. The molecule has 43 heavy (non-hydrogen) atoms. The quantitative estimate of drug-likeness (QED) is 0.251. The Hall–Kier alpha value is -4.31. The van der Waals surface area contributed by atoms with Gasteiger partial charge in [-0.2, -0.15) is 0 Å². The molecule has 1 atom stereocenters. The molecule has 1 saturated carbocycles. The average Bonchev–Trinajstić information content (AvgIpc) is 2.97. The number of hydrogen-bond donors (Lipinski definition) is 2. The average molecular weight is 572 g/mol. The topological polar surface area (TPSA) is 48.4 Å². The first-order valence-electron chi connectivity index (χ1n) is 15.6. The van der Waals surface area contributed by atoms with Gasteiger partial charge >= 0.3 is 0 Å². The molecule has 1 aliphatic carbocycles. The fourth-order valence-electron chi connectivity index (χ4n) is 6.61. The van der Waals surface area contributed by atoms with Crippen LogP contribution in [0.4, 0.5) is 0 Å². The maximum absolute atomic E-state index is 10.1. The second-order valence-electron chi connectivity index (χ2n) is 12.0. The Kier molecular flexibility index (Phi) is 9.05. The van der Waals surface area contributed by atoms with E-state index < -0.39 is 0 Å². The number of rotatable bonds is 9. The van der Waals surface area contributed by atoms with Gasteiger partial charge in [0.25, 0.3) is 0 Å². The van der Waals surface area contributed by atoms with Gasteiger partial charge in [-0.25, -0.2) is 0 Å². The van der Waals surface area contributed by atoms with E-state index >= 15 is 0 Å². The van der Waals surface area contributed by atoms with E-state index in [1.807, 2.05) is 30.5 Å². The molecule has 1 aliphatic heterocycles. The van der Waals surface area contributed by atoms with Crippen LogP contribution < -0.4 is 5.32 Å². The minimum Gasteiger partial charge on any atom is -0.508 e. The van der Waals surface area contributed by atoms with Crippen LogP contribution in [-0.4, -0.2) is 22.0 Å². The number of likely N-dealkylation sites (N-methyl/N-ethyl adjacent to an activating group) is 1. The molecule has 0 spiro atoms. The fraction of sp³-hybridized carbons (Fsp3) is 0.308. The summed E-state index contributed by atoms with van der Waals surface area (Å²) in [4.78, 5) is 6.98. The lowest BCUT2D eigenvalue weighted by Gasteiger charge is -2.43. The molecule has 0 saturated heterocycles. The fourth-order valence-corrected chi connectivity index (χ4v) is 6.61. The summed E-state index contributed by atoms with van der Waals surface area (Å²) in [6, 6.07) is 18.4. The van der Waals surface area contributed by atoms with E-state index in [4.69, 9.17) is 0 Å². The van der Waals surface area contributed by atoms with Crippen molar-refractivity contribution >= 4 is 22.0 Å². The van der Waals surface area contributed by atoms with Crippen LogP contribution in [0.2, 0.25) is 0 Å². The van der Waals surface area contributed by atoms with Crippen LogP contribution in [0.1, 0.15) is 77.3 Å². The van der Waals surface area contributed by atoms with Crippen LogP contribution >= 0.6 is 0 Å². The Morgan fingerprint density at radius 1 is 1.12 bits per heavy atom. The van der Waals surface area contributed by atoms with Crippen LogP contribution in [0, 0.1) is 5.41 Å². The highest BCUT2D eigenvalue weighted by molar-refractivity contribution is 5.90. The second kappa shape index (κ2) is 12.9. The van der Waals surface area contributed by atoms with Crippen LogP contribution in [0.5, 0.6) is 5.75 Å². The molecule has 222 valence electrons. The van der Waals surface area contributed by atoms with Crippen molar-refractivity contribution in [1.29, 1.82) is 0 Å². The number of hydrogen-bond acceptors (Lipinski definition) is 4. The normalized spacial score (nSPS) is 18.5. The van der Waals surface area contributed by atoms with Gasteiger partial charge in [-0.05, 0) is 91.6 Å². The van der Waals surface area contributed by atoms with Gasteiger partial charge < -0.3 is 15.3 Å². The van der Waals surface area contributed by atoms with Crippen molar-refractivity contribution in [3.63, 3.8) is 0 Å². The smallest absolute Gasteiger partial charge is 0.115 e. The Balaban J connectivity index is 1.81. The molecule has 2 heterocycles. The number of phenolic OH excluding ortho intramolecular Hbond substituents is 1. The van der Waals surface area contributed by atoms with Gasteiger partial charge in [0.1, 0.15) is 11.6 Å². The number of aromatic hydroxyl groups is 1. The lowest BCUT2D eigenvalue weighted by molar-refractivity contribution is 0.414. The van der Waals surface area contributed by atoms with E-state index in [0.29, 0.717) is 0 Å². The highest BCUT2D eigenvalue weighted by Gasteiger charge is 2.37. The number of phenols is 1. The zero-order chi connectivity index (χ0) is 30.6. The lowest BCUT2D eigenvalue weighted by atomic mass is 9.72. The van der Waals surface area contributed by atoms with Crippen LogP contribution in [0.15, 0.2) is 120 Å². The number of pyridine rings is 1. The Morgan fingerprint density at radius 3 is 2.53 bits per heavy atom. The standard InChI is InChI=1S/C39H45N3O/c1-7-10-24-39(5,23-9-3)36(33(13-8-2)28-17-20-32(43)21-18-28)38-41-27(4)35(37(42(38)6)29-14-11-15-29)31-19-22-34-30(26-31)16-12-25-40-34/h7,10,12-13,16-22,24-26,41,43H,1,8-9,11,14-15,23H2,2-6H3/b24-10-,33-13+,38-36+. The maximum Gasteiger partial charge on any atom is 0.115 e. The largest absolute Gasteiger partial charge is 0.508 e. The van der Waals surface area contributed by atoms with Gasteiger partial charge in [-0.1, -0.05) is 82.3 Å². The summed E-state index contributed by atoms with van der Waals surface area (Å²) >= 11 is 0. The van der Waals surface area contributed by atoms with Crippen LogP contribution in [0.3, 0.4) is 0 Å². The molecular weight excluding hydrogens is 526 g/mol. The van der Waals surface area contributed by atoms with Gasteiger partial charge in [-0.3, -0.25) is 4.98 Å². The summed E-state index contributed by atoms with van der Waals surface area (Å²) in [7, 11) is 2.22. The van der Waals surface area contributed by atoms with Gasteiger partial charge in [0.05, 0.1) is 11.2 Å². The molecule has 1 unspecified atom stereocenters. The zero-order valence-corrected chi connectivity index (χ0v) is 26.4. The van der Waals surface area contributed by atoms with E-state index in [1.54, 1.807) is 12.1 Å². The number of benzene rings is 2. The third-order valence-electron chi connectivity index (χ3n) is 8.81. The van der Waals surface area contributed by atoms with E-state index in [2.05, 4.69) is 99.0 Å². The van der Waals surface area contributed by atoms with E-state index in [9.17, 15) is 5.11 Å². The molecular formula is C39H45N3O. The predicted molar refractivity (Wildman–Crippen MR) is 182 cm³/mol. The van der Waals surface area contributed by atoms with E-state index in [1.165, 1.54) is 40.0 Å². The lowest BCUT2D eigenvalue weighted by Crippen LogP contribution is -2.39. The minimum absolute atomic E-state index is 0.274. The van der Waals surface area contributed by atoms with E-state index in [0.717, 1.165) is 60.1 Å².